The fourth-order valence-corrected chi connectivity index (χ4v) is 3.57. The number of carbonyl (C=O) groups is 1. The lowest BCUT2D eigenvalue weighted by Crippen LogP contribution is -2.72. The molecule has 2 bridgehead atoms. The highest BCUT2D eigenvalue weighted by molar-refractivity contribution is 5.83. The minimum absolute atomic E-state index is 0.0471. The minimum atomic E-state index is 0.0471. The molecular weight excluding hydrogens is 250 g/mol. The van der Waals surface area contributed by atoms with Gasteiger partial charge in [0.25, 0.3) is 0 Å². The van der Waals surface area contributed by atoms with Crippen LogP contribution in [-0.4, -0.2) is 72.0 Å². The van der Waals surface area contributed by atoms with E-state index in [0.29, 0.717) is 30.0 Å². The van der Waals surface area contributed by atoms with E-state index in [-0.39, 0.29) is 6.04 Å². The van der Waals surface area contributed by atoms with Gasteiger partial charge in [0.05, 0.1) is 6.04 Å². The zero-order chi connectivity index (χ0) is 15.0. The highest BCUT2D eigenvalue weighted by atomic mass is 16.2. The topological polar surface area (TPSA) is 26.8 Å². The molecule has 0 aromatic rings. The smallest absolute Gasteiger partial charge is 0.240 e. The molecule has 3 aliphatic heterocycles. The van der Waals surface area contributed by atoms with Crippen LogP contribution in [-0.2, 0) is 4.79 Å². The summed E-state index contributed by atoms with van der Waals surface area (Å²) in [6.45, 7) is 11.0. The van der Waals surface area contributed by atoms with Crippen molar-refractivity contribution in [3.63, 3.8) is 0 Å². The lowest BCUT2D eigenvalue weighted by molar-refractivity contribution is -0.160. The Hall–Kier alpha value is -0.610. The summed E-state index contributed by atoms with van der Waals surface area (Å²) in [7, 11) is 4.06. The van der Waals surface area contributed by atoms with E-state index >= 15 is 0 Å². The zero-order valence-corrected chi connectivity index (χ0v) is 14.0. The summed E-state index contributed by atoms with van der Waals surface area (Å²) in [6, 6.07) is 1.56. The summed E-state index contributed by atoms with van der Waals surface area (Å²) in [5.41, 5.74) is 0. The van der Waals surface area contributed by atoms with Crippen molar-refractivity contribution in [1.82, 2.24) is 14.7 Å². The number of likely N-dealkylation sites (N-methyl/N-ethyl adjacent to an activating group) is 1. The van der Waals surface area contributed by atoms with E-state index in [2.05, 4.69) is 42.4 Å². The van der Waals surface area contributed by atoms with Gasteiger partial charge in [-0.1, -0.05) is 13.8 Å². The number of carbonyl (C=O) groups excluding carboxylic acids is 1. The van der Waals surface area contributed by atoms with Gasteiger partial charge in [-0.15, -0.1) is 0 Å². The van der Waals surface area contributed by atoms with Crippen molar-refractivity contribution in [3.05, 3.63) is 0 Å². The van der Waals surface area contributed by atoms with Gasteiger partial charge in [-0.05, 0) is 46.7 Å². The van der Waals surface area contributed by atoms with Crippen LogP contribution < -0.4 is 0 Å². The Bertz CT molecular complexity index is 342. The third kappa shape index (κ3) is 3.01. The van der Waals surface area contributed by atoms with Crippen LogP contribution in [0.2, 0.25) is 0 Å². The van der Waals surface area contributed by atoms with Crippen LogP contribution in [0.5, 0.6) is 0 Å². The first-order chi connectivity index (χ1) is 9.31. The van der Waals surface area contributed by atoms with Crippen molar-refractivity contribution in [2.75, 3.05) is 27.2 Å². The van der Waals surface area contributed by atoms with Crippen LogP contribution in [0.1, 0.15) is 40.5 Å². The Balaban J connectivity index is 2.00. The molecule has 0 saturated carbocycles. The second kappa shape index (κ2) is 6.02. The monoisotopic (exact) mass is 281 g/mol. The van der Waals surface area contributed by atoms with E-state index < -0.39 is 0 Å². The van der Waals surface area contributed by atoms with Gasteiger partial charge in [0, 0.05) is 31.2 Å². The molecular formula is C16H31N3O. The van der Waals surface area contributed by atoms with Crippen molar-refractivity contribution >= 4 is 5.91 Å². The van der Waals surface area contributed by atoms with Crippen molar-refractivity contribution < 1.29 is 4.79 Å². The number of fused-ring (bicyclic) bond motifs is 2. The minimum Gasteiger partial charge on any atom is -0.333 e. The van der Waals surface area contributed by atoms with Gasteiger partial charge >= 0.3 is 0 Å². The summed E-state index contributed by atoms with van der Waals surface area (Å²) >= 11 is 0. The van der Waals surface area contributed by atoms with Crippen molar-refractivity contribution in [2.24, 2.45) is 5.92 Å². The van der Waals surface area contributed by atoms with Gasteiger partial charge < -0.3 is 4.90 Å². The fraction of sp³-hybridized carbons (Fsp3) is 0.938. The molecule has 0 N–H and O–H groups in total. The molecule has 1 amide bonds. The normalized spacial score (nSPS) is 28.1. The Labute approximate surface area is 124 Å². The zero-order valence-electron chi connectivity index (χ0n) is 14.0. The molecule has 3 atom stereocenters. The third-order valence-electron chi connectivity index (χ3n) is 4.81. The molecule has 3 fully saturated rings. The maximum absolute atomic E-state index is 12.9. The lowest BCUT2D eigenvalue weighted by Gasteiger charge is -2.58. The molecule has 3 heterocycles. The first kappa shape index (κ1) is 15.8. The van der Waals surface area contributed by atoms with Gasteiger partial charge in [0.2, 0.25) is 5.91 Å². The molecule has 20 heavy (non-hydrogen) atoms. The highest BCUT2D eigenvalue weighted by Gasteiger charge is 2.49. The summed E-state index contributed by atoms with van der Waals surface area (Å²) in [4.78, 5) is 19.6. The molecule has 4 nitrogen and oxygen atoms in total. The quantitative estimate of drug-likeness (QED) is 0.767. The molecule has 0 aromatic carbocycles. The summed E-state index contributed by atoms with van der Waals surface area (Å²) in [6.07, 6.45) is 2.16. The van der Waals surface area contributed by atoms with Crippen molar-refractivity contribution in [2.45, 2.75) is 64.7 Å². The average Bonchev–Trinajstić information content (AvgIpc) is 2.35. The summed E-state index contributed by atoms with van der Waals surface area (Å²) in [5, 5.41) is 0. The molecule has 0 spiro atoms. The Morgan fingerprint density at radius 1 is 1.15 bits per heavy atom. The second-order valence-corrected chi connectivity index (χ2v) is 7.45. The van der Waals surface area contributed by atoms with Gasteiger partial charge in [0.15, 0.2) is 0 Å². The standard InChI is InChI=1S/C16H31N3O/c1-11(2)7-15(17(5)6)16(20)19-13-8-14(19)10-18(9-13)12(3)4/h11-15H,7-10H2,1-6H3. The van der Waals surface area contributed by atoms with E-state index in [0.717, 1.165) is 19.5 Å². The van der Waals surface area contributed by atoms with Gasteiger partial charge in [0.1, 0.15) is 0 Å². The van der Waals surface area contributed by atoms with E-state index in [9.17, 15) is 4.79 Å². The maximum Gasteiger partial charge on any atom is 0.240 e. The third-order valence-corrected chi connectivity index (χ3v) is 4.81. The predicted molar refractivity (Wildman–Crippen MR) is 82.7 cm³/mol. The molecule has 4 heteroatoms. The van der Waals surface area contributed by atoms with Gasteiger partial charge in [-0.25, -0.2) is 0 Å². The van der Waals surface area contributed by atoms with Gasteiger partial charge in [-0.3, -0.25) is 14.6 Å². The number of piperazine rings is 1. The predicted octanol–water partition coefficient (Wildman–Crippen LogP) is 1.66. The van der Waals surface area contributed by atoms with Crippen LogP contribution >= 0.6 is 0 Å². The molecule has 0 aromatic heterocycles. The van der Waals surface area contributed by atoms with Crippen LogP contribution in [0.25, 0.3) is 0 Å². The van der Waals surface area contributed by atoms with E-state index in [4.69, 9.17) is 0 Å². The van der Waals surface area contributed by atoms with E-state index in [1.165, 1.54) is 6.42 Å². The first-order valence-electron chi connectivity index (χ1n) is 8.03. The van der Waals surface area contributed by atoms with Crippen molar-refractivity contribution in [1.29, 1.82) is 0 Å². The molecule has 0 aliphatic carbocycles. The Morgan fingerprint density at radius 3 is 2.10 bits per heavy atom. The number of nitrogens with zero attached hydrogens (tertiary/aromatic N) is 3. The summed E-state index contributed by atoms with van der Waals surface area (Å²) < 4.78 is 0. The average molecular weight is 281 g/mol. The number of amides is 1. The Kier molecular flexibility index (Phi) is 4.75. The Morgan fingerprint density at radius 2 is 1.70 bits per heavy atom. The van der Waals surface area contributed by atoms with Crippen LogP contribution in [0.15, 0.2) is 0 Å². The number of piperidine rings is 1. The molecule has 116 valence electrons. The van der Waals surface area contributed by atoms with E-state index in [1.807, 2.05) is 14.1 Å². The number of hydrogen-bond donors (Lipinski definition) is 0. The lowest BCUT2D eigenvalue weighted by atomic mass is 9.85. The summed E-state index contributed by atoms with van der Waals surface area (Å²) in [5.74, 6) is 0.910. The van der Waals surface area contributed by atoms with E-state index in [1.54, 1.807) is 0 Å². The fourth-order valence-electron chi connectivity index (χ4n) is 3.57. The first-order valence-corrected chi connectivity index (χ1v) is 8.03. The number of hydrogen-bond acceptors (Lipinski definition) is 3. The molecule has 3 unspecified atom stereocenters. The number of rotatable bonds is 5. The molecule has 3 rings (SSSR count). The second-order valence-electron chi connectivity index (χ2n) is 7.45. The largest absolute Gasteiger partial charge is 0.333 e. The molecule has 3 saturated heterocycles. The molecule has 3 aliphatic rings. The van der Waals surface area contributed by atoms with Crippen molar-refractivity contribution in [3.8, 4) is 0 Å². The highest BCUT2D eigenvalue weighted by Crippen LogP contribution is 2.34. The van der Waals surface area contributed by atoms with Gasteiger partial charge in [-0.2, -0.15) is 0 Å². The van der Waals surface area contributed by atoms with Crippen LogP contribution in [0.4, 0.5) is 0 Å². The van der Waals surface area contributed by atoms with Crippen LogP contribution in [0.3, 0.4) is 0 Å². The van der Waals surface area contributed by atoms with Crippen LogP contribution in [0, 0.1) is 5.92 Å². The SMILES string of the molecule is CC(C)CC(C(=O)N1C2CC1CN(C(C)C)C2)N(C)C. The molecule has 0 radical (unpaired) electrons. The maximum atomic E-state index is 12.9.